The fourth-order valence-electron chi connectivity index (χ4n) is 1.13. The number of alkyl halides is 1. The van der Waals surface area contributed by atoms with Crippen LogP contribution in [-0.2, 0) is 18.7 Å². The molecule has 2 heterocycles. The van der Waals surface area contributed by atoms with E-state index >= 15 is 0 Å². The van der Waals surface area contributed by atoms with Gasteiger partial charge in [-0.1, -0.05) is 0 Å². The van der Waals surface area contributed by atoms with Crippen LogP contribution in [0, 0.1) is 0 Å². The third kappa shape index (κ3) is 2.14. The van der Waals surface area contributed by atoms with Gasteiger partial charge in [0, 0.05) is 12.8 Å². The minimum atomic E-state index is 0.258. The van der Waals surface area contributed by atoms with Crippen LogP contribution in [0.15, 0.2) is 27.2 Å². The van der Waals surface area contributed by atoms with Gasteiger partial charge in [0.05, 0.1) is 6.26 Å². The number of hydrogen-bond donors (Lipinski definition) is 0. The first-order chi connectivity index (χ1) is 6.88. The van der Waals surface area contributed by atoms with E-state index in [1.165, 1.54) is 0 Å². The normalized spacial score (nSPS) is 10.6. The molecule has 0 radical (unpaired) electrons. The Balaban J connectivity index is 1.92. The smallest absolute Gasteiger partial charge is 0.231 e. The van der Waals surface area contributed by atoms with Crippen LogP contribution in [-0.4, -0.2) is 10.2 Å². The maximum Gasteiger partial charge on any atom is 0.231 e. The highest BCUT2D eigenvalue weighted by Crippen LogP contribution is 2.08. The van der Waals surface area contributed by atoms with Crippen molar-refractivity contribution in [3.05, 3.63) is 35.9 Å². The van der Waals surface area contributed by atoms with Gasteiger partial charge in [-0.3, -0.25) is 0 Å². The molecule has 0 saturated heterocycles. The second kappa shape index (κ2) is 4.28. The second-order valence-electron chi connectivity index (χ2n) is 2.80. The monoisotopic (exact) mass is 212 g/mol. The Morgan fingerprint density at radius 2 is 2.07 bits per heavy atom. The lowest BCUT2D eigenvalue weighted by Gasteiger charge is -1.91. The van der Waals surface area contributed by atoms with Crippen molar-refractivity contribution < 1.29 is 8.83 Å². The topological polar surface area (TPSA) is 52.1 Å². The molecule has 5 heteroatoms. The van der Waals surface area contributed by atoms with E-state index in [1.807, 2.05) is 12.1 Å². The van der Waals surface area contributed by atoms with Gasteiger partial charge in [0.2, 0.25) is 11.8 Å². The van der Waals surface area contributed by atoms with Gasteiger partial charge in [-0.2, -0.15) is 0 Å². The average Bonchev–Trinajstić information content (AvgIpc) is 2.86. The summed E-state index contributed by atoms with van der Waals surface area (Å²) in [6.07, 6.45) is 3.08. The quantitative estimate of drug-likeness (QED) is 0.729. The van der Waals surface area contributed by atoms with Crippen LogP contribution < -0.4 is 0 Å². The molecule has 0 bridgehead atoms. The van der Waals surface area contributed by atoms with Crippen LogP contribution in [0.25, 0.3) is 0 Å². The minimum absolute atomic E-state index is 0.258. The van der Waals surface area contributed by atoms with Crippen LogP contribution >= 0.6 is 11.6 Å². The predicted octanol–water partition coefficient (Wildman–Crippen LogP) is 2.19. The van der Waals surface area contributed by atoms with E-state index in [9.17, 15) is 0 Å². The van der Waals surface area contributed by atoms with Crippen molar-refractivity contribution in [3.63, 3.8) is 0 Å². The summed E-state index contributed by atoms with van der Waals surface area (Å²) in [4.78, 5) is 0. The molecule has 14 heavy (non-hydrogen) atoms. The maximum atomic E-state index is 5.53. The largest absolute Gasteiger partial charge is 0.469 e. The number of furan rings is 1. The lowest BCUT2D eigenvalue weighted by Crippen LogP contribution is -1.89. The van der Waals surface area contributed by atoms with Gasteiger partial charge in [0.25, 0.3) is 0 Å². The van der Waals surface area contributed by atoms with Crippen LogP contribution in [0.3, 0.4) is 0 Å². The van der Waals surface area contributed by atoms with Crippen molar-refractivity contribution in [2.75, 3.05) is 0 Å². The Bertz CT molecular complexity index is 383. The van der Waals surface area contributed by atoms with Crippen LogP contribution in [0.1, 0.15) is 17.5 Å². The Labute approximate surface area is 85.9 Å². The first-order valence-electron chi connectivity index (χ1n) is 4.28. The number of hydrogen-bond acceptors (Lipinski definition) is 4. The van der Waals surface area contributed by atoms with Crippen molar-refractivity contribution in [3.8, 4) is 0 Å². The van der Waals surface area contributed by atoms with Gasteiger partial charge in [-0.25, -0.2) is 0 Å². The van der Waals surface area contributed by atoms with Gasteiger partial charge in [-0.15, -0.1) is 21.8 Å². The number of aryl methyl sites for hydroxylation is 2. The third-order valence-electron chi connectivity index (χ3n) is 1.79. The van der Waals surface area contributed by atoms with E-state index in [2.05, 4.69) is 10.2 Å². The molecule has 0 aliphatic rings. The summed E-state index contributed by atoms with van der Waals surface area (Å²) in [5.41, 5.74) is 0. The first-order valence-corrected chi connectivity index (χ1v) is 4.81. The third-order valence-corrected chi connectivity index (χ3v) is 2.02. The minimum Gasteiger partial charge on any atom is -0.469 e. The average molecular weight is 213 g/mol. The fraction of sp³-hybridized carbons (Fsp3) is 0.333. The molecular weight excluding hydrogens is 204 g/mol. The SMILES string of the molecule is ClCc1nnc(CCc2ccco2)o1. The van der Waals surface area contributed by atoms with Crippen molar-refractivity contribution in [1.82, 2.24) is 10.2 Å². The Morgan fingerprint density at radius 1 is 1.21 bits per heavy atom. The maximum absolute atomic E-state index is 5.53. The summed E-state index contributed by atoms with van der Waals surface area (Å²) in [7, 11) is 0. The summed E-state index contributed by atoms with van der Waals surface area (Å²) < 4.78 is 10.4. The van der Waals surface area contributed by atoms with Crippen LogP contribution in [0.4, 0.5) is 0 Å². The van der Waals surface area contributed by atoms with Crippen molar-refractivity contribution >= 4 is 11.6 Å². The Morgan fingerprint density at radius 3 is 2.71 bits per heavy atom. The summed E-state index contributed by atoms with van der Waals surface area (Å²) in [6.45, 7) is 0. The highest BCUT2D eigenvalue weighted by molar-refractivity contribution is 6.16. The zero-order chi connectivity index (χ0) is 9.80. The van der Waals surface area contributed by atoms with Gasteiger partial charge in [-0.05, 0) is 12.1 Å². The summed E-state index contributed by atoms with van der Waals surface area (Å²) in [5, 5.41) is 7.60. The van der Waals surface area contributed by atoms with E-state index in [-0.39, 0.29) is 5.88 Å². The molecule has 0 atom stereocenters. The van der Waals surface area contributed by atoms with Gasteiger partial charge >= 0.3 is 0 Å². The summed E-state index contributed by atoms with van der Waals surface area (Å²) in [6, 6.07) is 3.77. The zero-order valence-corrected chi connectivity index (χ0v) is 8.20. The second-order valence-corrected chi connectivity index (χ2v) is 3.07. The number of halogens is 1. The van der Waals surface area contributed by atoms with E-state index < -0.39 is 0 Å². The molecule has 0 N–H and O–H groups in total. The molecule has 2 aromatic heterocycles. The van der Waals surface area contributed by atoms with Crippen molar-refractivity contribution in [2.24, 2.45) is 0 Å². The molecule has 0 amide bonds. The first kappa shape index (κ1) is 9.27. The summed E-state index contributed by atoms with van der Waals surface area (Å²) >= 11 is 5.53. The van der Waals surface area contributed by atoms with Crippen molar-refractivity contribution in [2.45, 2.75) is 18.7 Å². The lowest BCUT2D eigenvalue weighted by atomic mass is 10.2. The van der Waals surface area contributed by atoms with Crippen molar-refractivity contribution in [1.29, 1.82) is 0 Å². The van der Waals surface area contributed by atoms with E-state index in [4.69, 9.17) is 20.4 Å². The van der Waals surface area contributed by atoms with Crippen LogP contribution in [0.5, 0.6) is 0 Å². The molecule has 0 aliphatic heterocycles. The molecular formula is C9H9ClN2O2. The lowest BCUT2D eigenvalue weighted by molar-refractivity contribution is 0.447. The molecule has 0 aliphatic carbocycles. The molecule has 4 nitrogen and oxygen atoms in total. The molecule has 0 unspecified atom stereocenters. The molecule has 0 spiro atoms. The van der Waals surface area contributed by atoms with Crippen LogP contribution in [0.2, 0.25) is 0 Å². The van der Waals surface area contributed by atoms with E-state index in [1.54, 1.807) is 6.26 Å². The molecule has 74 valence electrons. The number of rotatable bonds is 4. The Kier molecular flexibility index (Phi) is 2.84. The van der Waals surface area contributed by atoms with Gasteiger partial charge < -0.3 is 8.83 Å². The number of aromatic nitrogens is 2. The highest BCUT2D eigenvalue weighted by Gasteiger charge is 2.05. The van der Waals surface area contributed by atoms with Gasteiger partial charge in [0.15, 0.2) is 0 Å². The molecule has 0 saturated carbocycles. The molecule has 2 aromatic rings. The summed E-state index contributed by atoms with van der Waals surface area (Å²) in [5.74, 6) is 2.22. The predicted molar refractivity (Wildman–Crippen MR) is 50.0 cm³/mol. The number of nitrogens with zero attached hydrogens (tertiary/aromatic N) is 2. The highest BCUT2D eigenvalue weighted by atomic mass is 35.5. The van der Waals surface area contributed by atoms with E-state index in [0.29, 0.717) is 18.2 Å². The molecule has 0 aromatic carbocycles. The van der Waals surface area contributed by atoms with Gasteiger partial charge in [0.1, 0.15) is 11.6 Å². The molecule has 2 rings (SSSR count). The van der Waals surface area contributed by atoms with E-state index in [0.717, 1.165) is 12.2 Å². The standard InChI is InChI=1S/C9H9ClN2O2/c10-6-9-12-11-8(14-9)4-3-7-2-1-5-13-7/h1-2,5H,3-4,6H2. The molecule has 0 fully saturated rings. The Hall–Kier alpha value is -1.29. The fourth-order valence-corrected chi connectivity index (χ4v) is 1.24. The zero-order valence-electron chi connectivity index (χ0n) is 7.44.